The molecule has 3 heterocycles. The maximum Gasteiger partial charge on any atom is 0.163 e. The van der Waals surface area contributed by atoms with Gasteiger partial charge in [0.15, 0.2) is 5.82 Å². The number of halogens is 1. The fourth-order valence-electron chi connectivity index (χ4n) is 3.41. The summed E-state index contributed by atoms with van der Waals surface area (Å²) in [4.78, 5) is 18.1. The Kier molecular flexibility index (Phi) is 5.02. The highest BCUT2D eigenvalue weighted by molar-refractivity contribution is 5.94. The first-order valence-corrected chi connectivity index (χ1v) is 9.88. The smallest absolute Gasteiger partial charge is 0.163 e. The van der Waals surface area contributed by atoms with E-state index in [-0.39, 0.29) is 5.82 Å². The van der Waals surface area contributed by atoms with Crippen molar-refractivity contribution in [3.05, 3.63) is 103 Å². The van der Waals surface area contributed by atoms with E-state index in [1.54, 1.807) is 24.7 Å². The maximum absolute atomic E-state index is 13.7. The van der Waals surface area contributed by atoms with Gasteiger partial charge in [0, 0.05) is 29.5 Å². The summed E-state index contributed by atoms with van der Waals surface area (Å²) in [6.07, 6.45) is 5.22. The van der Waals surface area contributed by atoms with Gasteiger partial charge in [-0.2, -0.15) is 0 Å². The van der Waals surface area contributed by atoms with E-state index in [2.05, 4.69) is 15.3 Å². The normalized spacial score (nSPS) is 10.9. The molecule has 0 saturated heterocycles. The average Bonchev–Trinajstić information content (AvgIpc) is 2.83. The van der Waals surface area contributed by atoms with Gasteiger partial charge in [-0.25, -0.2) is 14.4 Å². The predicted molar refractivity (Wildman–Crippen MR) is 120 cm³/mol. The fourth-order valence-corrected chi connectivity index (χ4v) is 3.41. The molecule has 0 amide bonds. The third-order valence-corrected chi connectivity index (χ3v) is 4.94. The second kappa shape index (κ2) is 8.28. The first-order chi connectivity index (χ1) is 15.3. The lowest BCUT2D eigenvalue weighted by Gasteiger charge is -2.12. The summed E-state index contributed by atoms with van der Waals surface area (Å²) in [5.41, 5.74) is 4.22. The molecule has 0 atom stereocenters. The van der Waals surface area contributed by atoms with Gasteiger partial charge in [-0.3, -0.25) is 9.97 Å². The van der Waals surface area contributed by atoms with E-state index < -0.39 is 0 Å². The van der Waals surface area contributed by atoms with E-state index in [0.29, 0.717) is 18.2 Å². The Hall–Kier alpha value is -4.19. The van der Waals surface area contributed by atoms with Crippen LogP contribution in [0.15, 0.2) is 91.4 Å². The summed E-state index contributed by atoms with van der Waals surface area (Å²) in [6, 6.07) is 22.0. The molecule has 5 rings (SSSR count). The van der Waals surface area contributed by atoms with Gasteiger partial charge >= 0.3 is 0 Å². The van der Waals surface area contributed by atoms with Crippen molar-refractivity contribution in [1.29, 1.82) is 0 Å². The van der Waals surface area contributed by atoms with Crippen molar-refractivity contribution in [2.24, 2.45) is 0 Å². The number of rotatable bonds is 5. The summed E-state index contributed by atoms with van der Waals surface area (Å²) in [6.45, 7) is 0.517. The molecular weight excluding hydrogens is 389 g/mol. The Morgan fingerprint density at radius 3 is 2.48 bits per heavy atom. The molecule has 0 bridgehead atoms. The van der Waals surface area contributed by atoms with Gasteiger partial charge in [-0.15, -0.1) is 0 Å². The number of fused-ring (bicyclic) bond motifs is 1. The Labute approximate surface area is 178 Å². The SMILES string of the molecule is Fc1cccc(-c2ccc3nc(-c4cccnc4)nc(NCc4ccccn4)c3c2)c1. The number of pyridine rings is 2. The van der Waals surface area contributed by atoms with Crippen LogP contribution in [0, 0.1) is 5.82 Å². The van der Waals surface area contributed by atoms with Crippen molar-refractivity contribution in [3.8, 4) is 22.5 Å². The van der Waals surface area contributed by atoms with Crippen LogP contribution in [0.1, 0.15) is 5.69 Å². The highest BCUT2D eigenvalue weighted by atomic mass is 19.1. The van der Waals surface area contributed by atoms with Crippen molar-refractivity contribution < 1.29 is 4.39 Å². The quantitative estimate of drug-likeness (QED) is 0.416. The van der Waals surface area contributed by atoms with E-state index in [0.717, 1.165) is 33.3 Å². The zero-order valence-electron chi connectivity index (χ0n) is 16.5. The minimum Gasteiger partial charge on any atom is -0.364 e. The third kappa shape index (κ3) is 4.09. The number of nitrogens with one attached hydrogen (secondary N) is 1. The Balaban J connectivity index is 1.62. The molecular formula is C25H18FN5. The van der Waals surface area contributed by atoms with Crippen LogP contribution in [0.3, 0.4) is 0 Å². The van der Waals surface area contributed by atoms with Crippen molar-refractivity contribution in [2.45, 2.75) is 6.54 Å². The second-order valence-electron chi connectivity index (χ2n) is 7.05. The van der Waals surface area contributed by atoms with Crippen LogP contribution < -0.4 is 5.32 Å². The molecule has 5 aromatic rings. The van der Waals surface area contributed by atoms with Crippen LogP contribution in [-0.2, 0) is 6.54 Å². The first kappa shape index (κ1) is 18.8. The summed E-state index contributed by atoms with van der Waals surface area (Å²) in [5, 5.41) is 4.25. The largest absolute Gasteiger partial charge is 0.364 e. The molecule has 150 valence electrons. The molecule has 6 heteroatoms. The first-order valence-electron chi connectivity index (χ1n) is 9.88. The van der Waals surface area contributed by atoms with Gasteiger partial charge in [0.2, 0.25) is 0 Å². The lowest BCUT2D eigenvalue weighted by Crippen LogP contribution is -2.05. The number of benzene rings is 2. The molecule has 0 saturated carbocycles. The van der Waals surface area contributed by atoms with Crippen LogP contribution in [0.5, 0.6) is 0 Å². The second-order valence-corrected chi connectivity index (χ2v) is 7.05. The molecule has 0 aliphatic rings. The number of nitrogens with zero attached hydrogens (tertiary/aromatic N) is 4. The van der Waals surface area contributed by atoms with Crippen molar-refractivity contribution in [1.82, 2.24) is 19.9 Å². The van der Waals surface area contributed by atoms with E-state index in [9.17, 15) is 4.39 Å². The van der Waals surface area contributed by atoms with Crippen molar-refractivity contribution in [3.63, 3.8) is 0 Å². The van der Waals surface area contributed by atoms with E-state index in [1.165, 1.54) is 12.1 Å². The van der Waals surface area contributed by atoms with Crippen LogP contribution in [0.25, 0.3) is 33.4 Å². The standard InChI is InChI=1S/C25H18FN5/c26-20-7-3-5-17(13-20)18-9-10-23-22(14-18)25(29-16-21-8-1-2-12-28-21)31-24(30-23)19-6-4-11-27-15-19/h1-15H,16H2,(H,29,30,31). The summed E-state index contributed by atoms with van der Waals surface area (Å²) in [7, 11) is 0. The topological polar surface area (TPSA) is 63.6 Å². The Morgan fingerprint density at radius 1 is 0.774 bits per heavy atom. The molecule has 0 radical (unpaired) electrons. The summed E-state index contributed by atoms with van der Waals surface area (Å²) >= 11 is 0. The summed E-state index contributed by atoms with van der Waals surface area (Å²) in [5.74, 6) is 1.00. The van der Waals surface area contributed by atoms with Gasteiger partial charge in [0.05, 0.1) is 17.8 Å². The molecule has 0 aliphatic heterocycles. The molecule has 0 aliphatic carbocycles. The van der Waals surface area contributed by atoms with Gasteiger partial charge in [-0.05, 0) is 59.7 Å². The maximum atomic E-state index is 13.7. The highest BCUT2D eigenvalue weighted by Crippen LogP contribution is 2.30. The molecule has 31 heavy (non-hydrogen) atoms. The molecule has 3 aromatic heterocycles. The van der Waals surface area contributed by atoms with Crippen LogP contribution in [0.4, 0.5) is 10.2 Å². The lowest BCUT2D eigenvalue weighted by molar-refractivity contribution is 0.628. The number of anilines is 1. The van der Waals surface area contributed by atoms with Gasteiger partial charge < -0.3 is 5.32 Å². The highest BCUT2D eigenvalue weighted by Gasteiger charge is 2.12. The molecule has 0 fully saturated rings. The zero-order valence-corrected chi connectivity index (χ0v) is 16.5. The van der Waals surface area contributed by atoms with Gasteiger partial charge in [-0.1, -0.05) is 24.3 Å². The minimum absolute atomic E-state index is 0.269. The molecule has 5 nitrogen and oxygen atoms in total. The van der Waals surface area contributed by atoms with Gasteiger partial charge in [0.1, 0.15) is 11.6 Å². The number of hydrogen-bond donors (Lipinski definition) is 1. The Morgan fingerprint density at radius 2 is 1.68 bits per heavy atom. The van der Waals surface area contributed by atoms with E-state index in [1.807, 2.05) is 54.6 Å². The Bertz CT molecular complexity index is 1340. The monoisotopic (exact) mass is 407 g/mol. The lowest BCUT2D eigenvalue weighted by atomic mass is 10.0. The number of hydrogen-bond acceptors (Lipinski definition) is 5. The summed E-state index contributed by atoms with van der Waals surface area (Å²) < 4.78 is 13.7. The fraction of sp³-hybridized carbons (Fsp3) is 0.0400. The van der Waals surface area contributed by atoms with E-state index >= 15 is 0 Å². The third-order valence-electron chi connectivity index (χ3n) is 4.94. The van der Waals surface area contributed by atoms with Gasteiger partial charge in [0.25, 0.3) is 0 Å². The molecule has 2 aromatic carbocycles. The van der Waals surface area contributed by atoms with Crippen LogP contribution in [-0.4, -0.2) is 19.9 Å². The molecule has 1 N–H and O–H groups in total. The van der Waals surface area contributed by atoms with Crippen LogP contribution in [0.2, 0.25) is 0 Å². The zero-order chi connectivity index (χ0) is 21.0. The van der Waals surface area contributed by atoms with Crippen molar-refractivity contribution >= 4 is 16.7 Å². The minimum atomic E-state index is -0.269. The predicted octanol–water partition coefficient (Wildman–Crippen LogP) is 5.51. The van der Waals surface area contributed by atoms with Crippen molar-refractivity contribution in [2.75, 3.05) is 5.32 Å². The average molecular weight is 407 g/mol. The molecule has 0 spiro atoms. The van der Waals surface area contributed by atoms with Crippen LogP contribution >= 0.6 is 0 Å². The van der Waals surface area contributed by atoms with E-state index in [4.69, 9.17) is 9.97 Å². The molecule has 0 unspecified atom stereocenters. The number of aromatic nitrogens is 4.